The van der Waals surface area contributed by atoms with Gasteiger partial charge in [0.2, 0.25) is 11.8 Å². The van der Waals surface area contributed by atoms with Gasteiger partial charge in [0.1, 0.15) is 11.6 Å². The number of methoxy groups -OCH3 is 1. The number of benzene rings is 2. The first-order valence-corrected chi connectivity index (χ1v) is 15.3. The summed E-state index contributed by atoms with van der Waals surface area (Å²) in [5.41, 5.74) is 2.15. The SMILES string of the molecule is CCCCCC(=O)N1CCN(C(=O)CCCSc2nnc(Cc3ccccc3)n2-c2ccc(OC)cc2)CC1C. The van der Waals surface area contributed by atoms with Crippen molar-refractivity contribution in [3.05, 3.63) is 66.0 Å². The Labute approximate surface area is 242 Å². The van der Waals surface area contributed by atoms with Crippen LogP contribution in [0.15, 0.2) is 59.8 Å². The molecule has 1 fully saturated rings. The lowest BCUT2D eigenvalue weighted by Gasteiger charge is -2.40. The van der Waals surface area contributed by atoms with Crippen molar-refractivity contribution in [1.82, 2.24) is 24.6 Å². The number of rotatable bonds is 13. The molecule has 214 valence electrons. The van der Waals surface area contributed by atoms with Crippen LogP contribution in [0.2, 0.25) is 0 Å². The number of aromatic nitrogens is 3. The van der Waals surface area contributed by atoms with Crippen molar-refractivity contribution in [1.29, 1.82) is 0 Å². The third-order valence-electron chi connectivity index (χ3n) is 7.30. The van der Waals surface area contributed by atoms with Crippen molar-refractivity contribution in [2.24, 2.45) is 0 Å². The Balaban J connectivity index is 1.32. The van der Waals surface area contributed by atoms with Gasteiger partial charge in [-0.3, -0.25) is 14.2 Å². The molecule has 0 N–H and O–H groups in total. The highest BCUT2D eigenvalue weighted by Gasteiger charge is 2.29. The first-order valence-electron chi connectivity index (χ1n) is 14.3. The van der Waals surface area contributed by atoms with Crippen molar-refractivity contribution in [3.8, 4) is 11.4 Å². The van der Waals surface area contributed by atoms with Crippen molar-refractivity contribution >= 4 is 23.6 Å². The number of piperazine rings is 1. The molecule has 8 nitrogen and oxygen atoms in total. The zero-order valence-electron chi connectivity index (χ0n) is 23.9. The van der Waals surface area contributed by atoms with E-state index < -0.39 is 0 Å². The number of carbonyl (C=O) groups is 2. The van der Waals surface area contributed by atoms with E-state index in [0.717, 1.165) is 53.9 Å². The molecular formula is C31H41N5O3S. The molecule has 3 aromatic rings. The van der Waals surface area contributed by atoms with Crippen LogP contribution in [0.25, 0.3) is 5.69 Å². The molecule has 1 aromatic heterocycles. The Kier molecular flexibility index (Phi) is 11.0. The molecule has 1 aliphatic heterocycles. The normalized spacial score (nSPS) is 15.3. The lowest BCUT2D eigenvalue weighted by Crippen LogP contribution is -2.55. The lowest BCUT2D eigenvalue weighted by molar-refractivity contribution is -0.142. The molecule has 2 heterocycles. The fraction of sp³-hybridized carbons (Fsp3) is 0.484. The van der Waals surface area contributed by atoms with E-state index in [4.69, 9.17) is 4.74 Å². The molecule has 2 amide bonds. The van der Waals surface area contributed by atoms with Crippen LogP contribution in [0.1, 0.15) is 63.8 Å². The number of unbranched alkanes of at least 4 members (excludes halogenated alkanes) is 2. The quantitative estimate of drug-likeness (QED) is 0.205. The van der Waals surface area contributed by atoms with Gasteiger partial charge in [-0.05, 0) is 49.6 Å². The lowest BCUT2D eigenvalue weighted by atomic mass is 10.1. The van der Waals surface area contributed by atoms with Crippen LogP contribution >= 0.6 is 11.8 Å². The number of ether oxygens (including phenoxy) is 1. The zero-order valence-corrected chi connectivity index (χ0v) is 24.7. The van der Waals surface area contributed by atoms with Gasteiger partial charge in [-0.2, -0.15) is 0 Å². The molecule has 2 aromatic carbocycles. The van der Waals surface area contributed by atoms with E-state index in [2.05, 4.69) is 33.8 Å². The largest absolute Gasteiger partial charge is 0.497 e. The van der Waals surface area contributed by atoms with Gasteiger partial charge in [0.05, 0.1) is 7.11 Å². The highest BCUT2D eigenvalue weighted by Crippen LogP contribution is 2.26. The van der Waals surface area contributed by atoms with Gasteiger partial charge < -0.3 is 14.5 Å². The van der Waals surface area contributed by atoms with Crippen LogP contribution < -0.4 is 4.74 Å². The summed E-state index contributed by atoms with van der Waals surface area (Å²) in [6, 6.07) is 18.2. The standard InChI is InChI=1S/C31H41N5O3S/c1-4-5-7-13-30(38)35-20-19-34(23-24(35)2)29(37)14-10-21-40-31-33-32-28(22-25-11-8-6-9-12-25)36(31)26-15-17-27(39-3)18-16-26/h6,8-9,11-12,15-18,24H,4-5,7,10,13-14,19-23H2,1-3H3. The fourth-order valence-electron chi connectivity index (χ4n) is 5.05. The second-order valence-corrected chi connectivity index (χ2v) is 11.3. The number of amides is 2. The Hall–Kier alpha value is -3.33. The summed E-state index contributed by atoms with van der Waals surface area (Å²) in [7, 11) is 1.66. The Morgan fingerprint density at radius 1 is 0.950 bits per heavy atom. The molecule has 1 saturated heterocycles. The average Bonchev–Trinajstić information content (AvgIpc) is 3.37. The minimum absolute atomic E-state index is 0.0623. The number of thioether (sulfide) groups is 1. The molecule has 0 spiro atoms. The second kappa shape index (κ2) is 14.9. The van der Waals surface area contributed by atoms with Crippen LogP contribution in [0.5, 0.6) is 5.75 Å². The van der Waals surface area contributed by atoms with E-state index in [1.54, 1.807) is 18.9 Å². The van der Waals surface area contributed by atoms with Crippen molar-refractivity contribution in [2.75, 3.05) is 32.5 Å². The summed E-state index contributed by atoms with van der Waals surface area (Å²) in [6.07, 6.45) is 5.65. The molecule has 0 bridgehead atoms. The summed E-state index contributed by atoms with van der Waals surface area (Å²) in [4.78, 5) is 29.4. The summed E-state index contributed by atoms with van der Waals surface area (Å²) in [6.45, 7) is 6.05. The summed E-state index contributed by atoms with van der Waals surface area (Å²) >= 11 is 1.62. The van der Waals surface area contributed by atoms with Crippen LogP contribution in [-0.2, 0) is 16.0 Å². The Bertz CT molecular complexity index is 1230. The Morgan fingerprint density at radius 2 is 1.70 bits per heavy atom. The summed E-state index contributed by atoms with van der Waals surface area (Å²) in [5.74, 6) is 2.80. The minimum atomic E-state index is 0.0623. The van der Waals surface area contributed by atoms with Crippen LogP contribution in [0.4, 0.5) is 0 Å². The molecule has 0 radical (unpaired) electrons. The van der Waals surface area contributed by atoms with Crippen LogP contribution in [0.3, 0.4) is 0 Å². The van der Waals surface area contributed by atoms with Crippen molar-refractivity contribution in [3.63, 3.8) is 0 Å². The molecule has 0 saturated carbocycles. The van der Waals surface area contributed by atoms with E-state index in [9.17, 15) is 9.59 Å². The molecular weight excluding hydrogens is 522 g/mol. The maximum absolute atomic E-state index is 13.0. The van der Waals surface area contributed by atoms with E-state index in [0.29, 0.717) is 38.9 Å². The molecule has 1 atom stereocenters. The highest BCUT2D eigenvalue weighted by atomic mass is 32.2. The zero-order chi connectivity index (χ0) is 28.3. The first kappa shape index (κ1) is 29.6. The minimum Gasteiger partial charge on any atom is -0.497 e. The number of carbonyl (C=O) groups excluding carboxylic acids is 2. The van der Waals surface area contributed by atoms with E-state index in [1.807, 2.05) is 59.2 Å². The Morgan fingerprint density at radius 3 is 2.40 bits per heavy atom. The summed E-state index contributed by atoms with van der Waals surface area (Å²) < 4.78 is 7.43. The van der Waals surface area contributed by atoms with Gasteiger partial charge in [-0.25, -0.2) is 0 Å². The second-order valence-electron chi connectivity index (χ2n) is 10.3. The third-order valence-corrected chi connectivity index (χ3v) is 8.31. The number of hydrogen-bond acceptors (Lipinski definition) is 6. The van der Waals surface area contributed by atoms with Crippen molar-refractivity contribution in [2.45, 2.75) is 70.0 Å². The van der Waals surface area contributed by atoms with Gasteiger partial charge in [0.15, 0.2) is 5.16 Å². The van der Waals surface area contributed by atoms with Gasteiger partial charge in [0, 0.05) is 56.4 Å². The van der Waals surface area contributed by atoms with E-state index in [1.165, 1.54) is 5.56 Å². The monoisotopic (exact) mass is 563 g/mol. The first-order chi connectivity index (χ1) is 19.5. The maximum Gasteiger partial charge on any atom is 0.222 e. The maximum atomic E-state index is 13.0. The fourth-order valence-corrected chi connectivity index (χ4v) is 5.96. The number of nitrogens with zero attached hydrogens (tertiary/aromatic N) is 5. The van der Waals surface area contributed by atoms with Crippen LogP contribution in [-0.4, -0.2) is 74.9 Å². The van der Waals surface area contributed by atoms with E-state index in [-0.39, 0.29) is 17.9 Å². The number of hydrogen-bond donors (Lipinski definition) is 0. The van der Waals surface area contributed by atoms with E-state index >= 15 is 0 Å². The highest BCUT2D eigenvalue weighted by molar-refractivity contribution is 7.99. The van der Waals surface area contributed by atoms with Crippen molar-refractivity contribution < 1.29 is 14.3 Å². The van der Waals surface area contributed by atoms with Gasteiger partial charge in [-0.1, -0.05) is 61.9 Å². The molecule has 40 heavy (non-hydrogen) atoms. The molecule has 1 aliphatic rings. The molecule has 1 unspecified atom stereocenters. The predicted octanol–water partition coefficient (Wildman–Crippen LogP) is 5.38. The molecule has 0 aliphatic carbocycles. The summed E-state index contributed by atoms with van der Waals surface area (Å²) in [5, 5.41) is 9.85. The molecule has 4 rings (SSSR count). The third kappa shape index (κ3) is 7.87. The topological polar surface area (TPSA) is 80.6 Å². The average molecular weight is 564 g/mol. The predicted molar refractivity (Wildman–Crippen MR) is 159 cm³/mol. The van der Waals surface area contributed by atoms with Crippen LogP contribution in [0, 0.1) is 0 Å². The van der Waals surface area contributed by atoms with Gasteiger partial charge in [-0.15, -0.1) is 10.2 Å². The smallest absolute Gasteiger partial charge is 0.222 e. The van der Waals surface area contributed by atoms with Gasteiger partial charge >= 0.3 is 0 Å². The molecule has 9 heteroatoms. The van der Waals surface area contributed by atoms with Gasteiger partial charge in [0.25, 0.3) is 0 Å².